The Bertz CT molecular complexity index is 273. The number of unbranched alkanes of at least 4 members (excludes halogenated alkanes) is 8. The summed E-state index contributed by atoms with van der Waals surface area (Å²) in [6, 6.07) is 0. The summed E-state index contributed by atoms with van der Waals surface area (Å²) in [4.78, 5) is 11.1. The number of hydrogen-bond donors (Lipinski definition) is 0. The van der Waals surface area contributed by atoms with Gasteiger partial charge < -0.3 is 4.74 Å². The summed E-state index contributed by atoms with van der Waals surface area (Å²) in [6.07, 6.45) is 19.8. The van der Waals surface area contributed by atoms with E-state index in [1.165, 1.54) is 89.5 Å². The summed E-state index contributed by atoms with van der Waals surface area (Å²) >= 11 is 0. The van der Waals surface area contributed by atoms with Crippen LogP contribution in [0.25, 0.3) is 0 Å². The molecule has 0 aliphatic heterocycles. The highest BCUT2D eigenvalue weighted by Gasteiger charge is 2.09. The molecule has 2 heteroatoms. The van der Waals surface area contributed by atoms with Crippen molar-refractivity contribution >= 4 is 5.97 Å². The lowest BCUT2D eigenvalue weighted by Gasteiger charge is -2.17. The highest BCUT2D eigenvalue weighted by Crippen LogP contribution is 2.23. The fourth-order valence-electron chi connectivity index (χ4n) is 3.11. The third-order valence-corrected chi connectivity index (χ3v) is 4.60. The Hall–Kier alpha value is -0.790. The van der Waals surface area contributed by atoms with Crippen LogP contribution in [0.3, 0.4) is 0 Å². The molecule has 0 aliphatic rings. The molecule has 0 radical (unpaired) electrons. The van der Waals surface area contributed by atoms with Gasteiger partial charge in [0.25, 0.3) is 0 Å². The van der Waals surface area contributed by atoms with Gasteiger partial charge in [0.15, 0.2) is 0 Å². The maximum atomic E-state index is 11.1. The largest absolute Gasteiger partial charge is 0.463 e. The molecule has 0 spiro atoms. The van der Waals surface area contributed by atoms with Crippen LogP contribution in [0.2, 0.25) is 0 Å². The Kier molecular flexibility index (Phi) is 17.0. The van der Waals surface area contributed by atoms with Gasteiger partial charge in [-0.1, -0.05) is 97.5 Å². The topological polar surface area (TPSA) is 26.3 Å². The Balaban J connectivity index is 3.83. The molecule has 0 bridgehead atoms. The molecule has 0 aromatic rings. The summed E-state index contributed by atoms with van der Waals surface area (Å²) in [5.74, 6) is 0.529. The standard InChI is InChI=1S/C21H40O2/c1-4-7-9-11-12-14-17-20(16-13-10-8-5-2)18-15-19-23-21(22)6-3/h6,20H,3-5,7-19H2,1-2H3. The monoisotopic (exact) mass is 324 g/mol. The number of hydrogen-bond acceptors (Lipinski definition) is 2. The van der Waals surface area contributed by atoms with Crippen molar-refractivity contribution in [3.05, 3.63) is 12.7 Å². The van der Waals surface area contributed by atoms with E-state index in [4.69, 9.17) is 4.74 Å². The molecule has 136 valence electrons. The molecule has 0 saturated carbocycles. The van der Waals surface area contributed by atoms with Crippen LogP contribution in [0.15, 0.2) is 12.7 Å². The molecule has 23 heavy (non-hydrogen) atoms. The minimum absolute atomic E-state index is 0.291. The van der Waals surface area contributed by atoms with Crippen LogP contribution < -0.4 is 0 Å². The summed E-state index contributed by atoms with van der Waals surface area (Å²) < 4.78 is 5.10. The zero-order valence-corrected chi connectivity index (χ0v) is 15.8. The average Bonchev–Trinajstić information content (AvgIpc) is 2.57. The van der Waals surface area contributed by atoms with Crippen LogP contribution >= 0.6 is 0 Å². The van der Waals surface area contributed by atoms with Gasteiger partial charge in [0.2, 0.25) is 0 Å². The van der Waals surface area contributed by atoms with E-state index in [1.807, 2.05) is 0 Å². The maximum Gasteiger partial charge on any atom is 0.330 e. The maximum absolute atomic E-state index is 11.1. The second-order valence-electron chi connectivity index (χ2n) is 6.79. The van der Waals surface area contributed by atoms with Gasteiger partial charge >= 0.3 is 5.97 Å². The first-order valence-corrected chi connectivity index (χ1v) is 10.0. The fraction of sp³-hybridized carbons (Fsp3) is 0.857. The number of carbonyl (C=O) groups excluding carboxylic acids is 1. The van der Waals surface area contributed by atoms with Crippen molar-refractivity contribution in [2.45, 2.75) is 104 Å². The average molecular weight is 325 g/mol. The summed E-state index contributed by atoms with van der Waals surface area (Å²) in [6.45, 7) is 8.51. The predicted octanol–water partition coefficient (Wildman–Crippen LogP) is 6.83. The lowest BCUT2D eigenvalue weighted by Crippen LogP contribution is -2.06. The first kappa shape index (κ1) is 22.2. The highest BCUT2D eigenvalue weighted by molar-refractivity contribution is 5.81. The predicted molar refractivity (Wildman–Crippen MR) is 101 cm³/mol. The highest BCUT2D eigenvalue weighted by atomic mass is 16.5. The number of rotatable bonds is 17. The molecule has 0 saturated heterocycles. The third-order valence-electron chi connectivity index (χ3n) is 4.60. The molecule has 0 N–H and O–H groups in total. The van der Waals surface area contributed by atoms with Gasteiger partial charge in [-0.2, -0.15) is 0 Å². The fourth-order valence-corrected chi connectivity index (χ4v) is 3.11. The van der Waals surface area contributed by atoms with Gasteiger partial charge in [0.1, 0.15) is 0 Å². The summed E-state index contributed by atoms with van der Waals surface area (Å²) in [5.41, 5.74) is 0. The normalized spacial score (nSPS) is 12.1. The van der Waals surface area contributed by atoms with Crippen molar-refractivity contribution in [3.63, 3.8) is 0 Å². The molecule has 0 aromatic carbocycles. The molecule has 0 amide bonds. The molecule has 0 rings (SSSR count). The molecule has 0 aliphatic carbocycles. The van der Waals surface area contributed by atoms with Crippen molar-refractivity contribution in [2.24, 2.45) is 5.92 Å². The first-order valence-electron chi connectivity index (χ1n) is 10.0. The number of carbonyl (C=O) groups is 1. The van der Waals surface area contributed by atoms with Gasteiger partial charge in [-0.3, -0.25) is 0 Å². The Morgan fingerprint density at radius 2 is 1.30 bits per heavy atom. The number of ether oxygens (including phenoxy) is 1. The molecular weight excluding hydrogens is 284 g/mol. The van der Waals surface area contributed by atoms with Gasteiger partial charge in [0, 0.05) is 6.08 Å². The van der Waals surface area contributed by atoms with Crippen LogP contribution in [0.5, 0.6) is 0 Å². The van der Waals surface area contributed by atoms with Crippen LogP contribution in [0.1, 0.15) is 104 Å². The minimum atomic E-state index is -0.291. The Labute approximate surface area is 145 Å². The van der Waals surface area contributed by atoms with Gasteiger partial charge in [0.05, 0.1) is 6.61 Å². The molecule has 0 fully saturated rings. The molecule has 0 aromatic heterocycles. The van der Waals surface area contributed by atoms with E-state index in [-0.39, 0.29) is 5.97 Å². The Morgan fingerprint density at radius 1 is 0.826 bits per heavy atom. The van der Waals surface area contributed by atoms with E-state index in [2.05, 4.69) is 20.4 Å². The van der Waals surface area contributed by atoms with E-state index in [0.717, 1.165) is 12.3 Å². The van der Waals surface area contributed by atoms with E-state index in [1.54, 1.807) is 0 Å². The van der Waals surface area contributed by atoms with Crippen molar-refractivity contribution in [2.75, 3.05) is 6.61 Å². The second-order valence-corrected chi connectivity index (χ2v) is 6.79. The first-order chi connectivity index (χ1) is 11.2. The quantitative estimate of drug-likeness (QED) is 0.166. The molecule has 1 atom stereocenters. The van der Waals surface area contributed by atoms with E-state index >= 15 is 0 Å². The minimum Gasteiger partial charge on any atom is -0.463 e. The lowest BCUT2D eigenvalue weighted by molar-refractivity contribution is -0.137. The van der Waals surface area contributed by atoms with Crippen molar-refractivity contribution < 1.29 is 9.53 Å². The summed E-state index contributed by atoms with van der Waals surface area (Å²) in [7, 11) is 0. The summed E-state index contributed by atoms with van der Waals surface area (Å²) in [5, 5.41) is 0. The second kappa shape index (κ2) is 17.6. The smallest absolute Gasteiger partial charge is 0.330 e. The van der Waals surface area contributed by atoms with Crippen LogP contribution in [0.4, 0.5) is 0 Å². The van der Waals surface area contributed by atoms with E-state index < -0.39 is 0 Å². The van der Waals surface area contributed by atoms with Crippen LogP contribution in [-0.4, -0.2) is 12.6 Å². The zero-order valence-electron chi connectivity index (χ0n) is 15.8. The number of esters is 1. The van der Waals surface area contributed by atoms with Crippen molar-refractivity contribution in [1.29, 1.82) is 0 Å². The van der Waals surface area contributed by atoms with E-state index in [9.17, 15) is 4.79 Å². The van der Waals surface area contributed by atoms with E-state index in [0.29, 0.717) is 6.61 Å². The zero-order chi connectivity index (χ0) is 17.2. The van der Waals surface area contributed by atoms with Crippen LogP contribution in [0, 0.1) is 5.92 Å². The SMILES string of the molecule is C=CC(=O)OCCCC(CCCCCC)CCCCCCCC. The molecule has 1 unspecified atom stereocenters. The van der Waals surface area contributed by atoms with Crippen molar-refractivity contribution in [1.82, 2.24) is 0 Å². The van der Waals surface area contributed by atoms with Gasteiger partial charge in [-0.15, -0.1) is 0 Å². The van der Waals surface area contributed by atoms with Gasteiger partial charge in [-0.25, -0.2) is 4.79 Å². The molecular formula is C21H40O2. The van der Waals surface area contributed by atoms with Crippen molar-refractivity contribution in [3.8, 4) is 0 Å². The van der Waals surface area contributed by atoms with Crippen LogP contribution in [-0.2, 0) is 9.53 Å². The Morgan fingerprint density at radius 3 is 1.87 bits per heavy atom. The van der Waals surface area contributed by atoms with Gasteiger partial charge in [-0.05, 0) is 18.8 Å². The third kappa shape index (κ3) is 15.9. The molecule has 0 heterocycles. The molecule has 2 nitrogen and oxygen atoms in total. The lowest BCUT2D eigenvalue weighted by atomic mass is 9.90.